The van der Waals surface area contributed by atoms with Gasteiger partial charge in [-0.3, -0.25) is 9.48 Å². The van der Waals surface area contributed by atoms with Crippen LogP contribution in [0.15, 0.2) is 36.5 Å². The fourth-order valence-electron chi connectivity index (χ4n) is 4.84. The van der Waals surface area contributed by atoms with E-state index in [-0.39, 0.29) is 5.91 Å². The largest absolute Gasteiger partial charge is 0.491 e. The molecule has 1 aromatic carbocycles. The highest BCUT2D eigenvalue weighted by Crippen LogP contribution is 2.36. The Hall–Kier alpha value is -3.09. The number of carbonyl (C=O) groups excluding carboxylic acids is 1. The maximum atomic E-state index is 13.0. The Labute approximate surface area is 194 Å². The molecule has 0 radical (unpaired) electrons. The van der Waals surface area contributed by atoms with Gasteiger partial charge in [0, 0.05) is 23.7 Å². The van der Waals surface area contributed by atoms with Gasteiger partial charge in [0.05, 0.1) is 30.5 Å². The van der Waals surface area contributed by atoms with Gasteiger partial charge in [-0.15, -0.1) is 0 Å². The standard InChI is InChI=1S/C26H32N4O3/c1-2-18-9-11-20(12-10-18)30-17-19-15-23-24(16-22(19)29-30)32-13-4-3-5-14-33-25-8-6-7-21(27-25)26(31)28-23/h6-8,15-18,20H,2-5,9-14H2,1H3,(H,28,31). The van der Waals surface area contributed by atoms with Crippen LogP contribution in [0.2, 0.25) is 0 Å². The molecule has 5 rings (SSSR count). The van der Waals surface area contributed by atoms with E-state index >= 15 is 0 Å². The number of aromatic nitrogens is 3. The van der Waals surface area contributed by atoms with Crippen LogP contribution in [0.25, 0.3) is 10.9 Å². The summed E-state index contributed by atoms with van der Waals surface area (Å²) in [6.45, 7) is 3.44. The van der Waals surface area contributed by atoms with E-state index in [1.807, 2.05) is 12.1 Å². The molecule has 7 nitrogen and oxygen atoms in total. The van der Waals surface area contributed by atoms with E-state index in [9.17, 15) is 4.79 Å². The summed E-state index contributed by atoms with van der Waals surface area (Å²) in [6.07, 6.45) is 11.1. The van der Waals surface area contributed by atoms with Crippen LogP contribution in [-0.4, -0.2) is 33.9 Å². The second kappa shape index (κ2) is 9.81. The Kier molecular flexibility index (Phi) is 6.46. The maximum absolute atomic E-state index is 13.0. The van der Waals surface area contributed by atoms with E-state index in [4.69, 9.17) is 14.6 Å². The number of fused-ring (bicyclic) bond motifs is 4. The second-order valence-electron chi connectivity index (χ2n) is 9.17. The smallest absolute Gasteiger partial charge is 0.274 e. The molecule has 33 heavy (non-hydrogen) atoms. The molecule has 0 spiro atoms. The predicted octanol–water partition coefficient (Wildman–Crippen LogP) is 5.77. The molecule has 1 aliphatic carbocycles. The Morgan fingerprint density at radius 3 is 2.70 bits per heavy atom. The molecule has 1 fully saturated rings. The number of hydrogen-bond acceptors (Lipinski definition) is 5. The number of benzene rings is 1. The van der Waals surface area contributed by atoms with Crippen molar-refractivity contribution >= 4 is 22.5 Å². The van der Waals surface area contributed by atoms with Gasteiger partial charge in [0.25, 0.3) is 5.91 Å². The van der Waals surface area contributed by atoms with Crippen molar-refractivity contribution in [1.29, 1.82) is 0 Å². The first kappa shape index (κ1) is 21.7. The molecule has 174 valence electrons. The normalized spacial score (nSPS) is 21.9. The number of amides is 1. The van der Waals surface area contributed by atoms with Crippen molar-refractivity contribution < 1.29 is 14.3 Å². The summed E-state index contributed by atoms with van der Waals surface area (Å²) in [4.78, 5) is 17.3. The zero-order valence-electron chi connectivity index (χ0n) is 19.3. The van der Waals surface area contributed by atoms with Gasteiger partial charge in [-0.25, -0.2) is 4.98 Å². The van der Waals surface area contributed by atoms with E-state index in [1.165, 1.54) is 32.1 Å². The van der Waals surface area contributed by atoms with Crippen molar-refractivity contribution in [3.63, 3.8) is 0 Å². The van der Waals surface area contributed by atoms with Crippen molar-refractivity contribution in [2.24, 2.45) is 5.92 Å². The number of anilines is 1. The third-order valence-electron chi connectivity index (χ3n) is 6.89. The lowest BCUT2D eigenvalue weighted by atomic mass is 9.85. The number of rotatable bonds is 2. The highest BCUT2D eigenvalue weighted by Gasteiger charge is 2.23. The molecule has 3 aromatic rings. The highest BCUT2D eigenvalue weighted by molar-refractivity contribution is 6.05. The van der Waals surface area contributed by atoms with Crippen LogP contribution in [0.1, 0.15) is 74.8 Å². The van der Waals surface area contributed by atoms with Gasteiger partial charge in [0.1, 0.15) is 11.4 Å². The van der Waals surface area contributed by atoms with Crippen LogP contribution >= 0.6 is 0 Å². The summed E-state index contributed by atoms with van der Waals surface area (Å²) in [7, 11) is 0. The summed E-state index contributed by atoms with van der Waals surface area (Å²) >= 11 is 0. The molecule has 7 heteroatoms. The molecule has 3 heterocycles. The first-order chi connectivity index (χ1) is 16.2. The Morgan fingerprint density at radius 1 is 1.06 bits per heavy atom. The van der Waals surface area contributed by atoms with Crippen molar-refractivity contribution in [3.8, 4) is 11.6 Å². The van der Waals surface area contributed by atoms with Crippen LogP contribution in [-0.2, 0) is 0 Å². The zero-order chi connectivity index (χ0) is 22.6. The Bertz CT molecular complexity index is 1120. The maximum Gasteiger partial charge on any atom is 0.274 e. The number of ether oxygens (including phenoxy) is 2. The van der Waals surface area contributed by atoms with Gasteiger partial charge in [0.15, 0.2) is 0 Å². The molecule has 2 bridgehead atoms. The number of nitrogens with one attached hydrogen (secondary N) is 1. The van der Waals surface area contributed by atoms with Crippen LogP contribution in [0.5, 0.6) is 11.6 Å². The van der Waals surface area contributed by atoms with Crippen molar-refractivity contribution in [2.45, 2.75) is 64.3 Å². The summed E-state index contributed by atoms with van der Waals surface area (Å²) in [5.74, 6) is 1.69. The fourth-order valence-corrected chi connectivity index (χ4v) is 4.84. The minimum absolute atomic E-state index is 0.285. The number of carbonyl (C=O) groups is 1. The Balaban J connectivity index is 1.44. The first-order valence-corrected chi connectivity index (χ1v) is 12.3. The average molecular weight is 449 g/mol. The van der Waals surface area contributed by atoms with E-state index in [2.05, 4.69) is 28.1 Å². The van der Waals surface area contributed by atoms with Crippen LogP contribution in [0, 0.1) is 5.92 Å². The summed E-state index contributed by atoms with van der Waals surface area (Å²) < 4.78 is 13.9. The zero-order valence-corrected chi connectivity index (χ0v) is 19.3. The van der Waals surface area contributed by atoms with Crippen molar-refractivity contribution in [1.82, 2.24) is 14.8 Å². The van der Waals surface area contributed by atoms with E-state index < -0.39 is 0 Å². The minimum atomic E-state index is -0.285. The lowest BCUT2D eigenvalue weighted by molar-refractivity contribution is 0.102. The SMILES string of the molecule is CCC1CCC(n2cc3cc4c(cc3n2)OCCCCCOc2cccc(n2)C(=O)N4)CC1. The molecule has 1 saturated carbocycles. The molecule has 2 aliphatic rings. The summed E-state index contributed by atoms with van der Waals surface area (Å²) in [6, 6.07) is 9.63. The predicted molar refractivity (Wildman–Crippen MR) is 128 cm³/mol. The molecule has 0 saturated heterocycles. The van der Waals surface area contributed by atoms with E-state index in [0.717, 1.165) is 36.1 Å². The monoisotopic (exact) mass is 448 g/mol. The van der Waals surface area contributed by atoms with E-state index in [1.54, 1.807) is 18.2 Å². The highest BCUT2D eigenvalue weighted by atomic mass is 16.5. The number of hydrogen-bond donors (Lipinski definition) is 1. The molecule has 1 aliphatic heterocycles. The lowest BCUT2D eigenvalue weighted by Gasteiger charge is -2.27. The number of nitrogens with zero attached hydrogens (tertiary/aromatic N) is 3. The quantitative estimate of drug-likeness (QED) is 0.539. The molecule has 1 amide bonds. The van der Waals surface area contributed by atoms with Crippen LogP contribution in [0.4, 0.5) is 5.69 Å². The molecule has 0 unspecified atom stereocenters. The topological polar surface area (TPSA) is 78.3 Å². The van der Waals surface area contributed by atoms with Crippen molar-refractivity contribution in [3.05, 3.63) is 42.2 Å². The molecular weight excluding hydrogens is 416 g/mol. The third-order valence-corrected chi connectivity index (χ3v) is 6.89. The van der Waals surface area contributed by atoms with Crippen LogP contribution in [0.3, 0.4) is 0 Å². The third kappa shape index (κ3) is 4.97. The average Bonchev–Trinajstić information content (AvgIpc) is 3.26. The van der Waals surface area contributed by atoms with Gasteiger partial charge < -0.3 is 14.8 Å². The van der Waals surface area contributed by atoms with Gasteiger partial charge in [-0.1, -0.05) is 19.4 Å². The molecule has 1 N–H and O–H groups in total. The Morgan fingerprint density at radius 2 is 1.88 bits per heavy atom. The second-order valence-corrected chi connectivity index (χ2v) is 9.17. The van der Waals surface area contributed by atoms with Gasteiger partial charge in [-0.2, -0.15) is 5.10 Å². The first-order valence-electron chi connectivity index (χ1n) is 12.3. The van der Waals surface area contributed by atoms with Gasteiger partial charge in [0.2, 0.25) is 5.88 Å². The minimum Gasteiger partial charge on any atom is -0.491 e. The molecule has 0 atom stereocenters. The van der Waals surface area contributed by atoms with Crippen molar-refractivity contribution in [2.75, 3.05) is 18.5 Å². The van der Waals surface area contributed by atoms with Crippen LogP contribution < -0.4 is 14.8 Å². The van der Waals surface area contributed by atoms with Gasteiger partial charge in [-0.05, 0) is 63.0 Å². The summed E-state index contributed by atoms with van der Waals surface area (Å²) in [5, 5.41) is 8.89. The fraction of sp³-hybridized carbons (Fsp3) is 0.500. The lowest BCUT2D eigenvalue weighted by Crippen LogP contribution is -2.18. The van der Waals surface area contributed by atoms with Gasteiger partial charge >= 0.3 is 0 Å². The molecular formula is C26H32N4O3. The molecule has 2 aromatic heterocycles. The van der Waals surface area contributed by atoms with E-state index in [0.29, 0.717) is 42.3 Å². The number of pyridine rings is 1. The summed E-state index contributed by atoms with van der Waals surface area (Å²) in [5.41, 5.74) is 1.86.